The van der Waals surface area contributed by atoms with E-state index in [0.717, 1.165) is 24.3 Å². The number of rotatable bonds is 5. The molecule has 21 heavy (non-hydrogen) atoms. The smallest absolute Gasteiger partial charge is 0.244 e. The van der Waals surface area contributed by atoms with Crippen LogP contribution in [0.1, 0.15) is 31.9 Å². The Balaban J connectivity index is 1.90. The maximum Gasteiger partial charge on any atom is 0.244 e. The molecule has 0 saturated carbocycles. The van der Waals surface area contributed by atoms with Gasteiger partial charge in [0.15, 0.2) is 0 Å². The van der Waals surface area contributed by atoms with Crippen molar-refractivity contribution in [3.8, 4) is 5.75 Å². The van der Waals surface area contributed by atoms with Crippen LogP contribution in [0.2, 0.25) is 0 Å². The van der Waals surface area contributed by atoms with Gasteiger partial charge < -0.3 is 15.2 Å². The molecule has 1 atom stereocenters. The van der Waals surface area contributed by atoms with E-state index < -0.39 is 5.60 Å². The molecule has 4 nitrogen and oxygen atoms in total. The van der Waals surface area contributed by atoms with Crippen LogP contribution < -0.4 is 10.1 Å². The van der Waals surface area contributed by atoms with E-state index in [4.69, 9.17) is 4.74 Å². The van der Waals surface area contributed by atoms with Crippen LogP contribution in [0, 0.1) is 5.92 Å². The largest absolute Gasteiger partial charge is 0.493 e. The fourth-order valence-electron chi connectivity index (χ4n) is 2.01. The van der Waals surface area contributed by atoms with Crippen molar-refractivity contribution in [2.75, 3.05) is 13.2 Å². The van der Waals surface area contributed by atoms with Crippen molar-refractivity contribution in [3.05, 3.63) is 35.4 Å². The first-order chi connectivity index (χ1) is 9.88. The average molecular weight is 289 g/mol. The predicted octanol–water partition coefficient (Wildman–Crippen LogP) is 2.16. The van der Waals surface area contributed by atoms with E-state index >= 15 is 0 Å². The van der Waals surface area contributed by atoms with Crippen LogP contribution in [0.15, 0.2) is 24.3 Å². The molecule has 2 rings (SSSR count). The van der Waals surface area contributed by atoms with E-state index in [1.165, 1.54) is 11.6 Å². The second kappa shape index (κ2) is 6.31. The molecule has 1 aromatic rings. The van der Waals surface area contributed by atoms with Crippen LogP contribution in [0.4, 0.5) is 0 Å². The Morgan fingerprint density at radius 1 is 1.52 bits per heavy atom. The monoisotopic (exact) mass is 289 g/mol. The maximum atomic E-state index is 11.8. The van der Waals surface area contributed by atoms with Gasteiger partial charge in [0, 0.05) is 19.0 Å². The maximum absolute atomic E-state index is 11.8. The first kappa shape index (κ1) is 15.6. The number of nitrogens with one attached hydrogen (secondary N) is 1. The van der Waals surface area contributed by atoms with Crippen molar-refractivity contribution in [2.24, 2.45) is 5.92 Å². The second-order valence-electron chi connectivity index (χ2n) is 6.03. The molecule has 0 aliphatic carbocycles. The van der Waals surface area contributed by atoms with Gasteiger partial charge in [0.1, 0.15) is 5.75 Å². The van der Waals surface area contributed by atoms with E-state index in [1.807, 2.05) is 32.0 Å². The van der Waals surface area contributed by atoms with Gasteiger partial charge in [-0.2, -0.15) is 0 Å². The predicted molar refractivity (Wildman–Crippen MR) is 83.1 cm³/mol. The summed E-state index contributed by atoms with van der Waals surface area (Å²) >= 11 is 0. The normalized spacial score (nSPS) is 16.6. The third kappa shape index (κ3) is 4.08. The third-order valence-corrected chi connectivity index (χ3v) is 4.00. The minimum atomic E-state index is -0.894. The Morgan fingerprint density at radius 2 is 2.29 bits per heavy atom. The molecule has 4 heteroatoms. The summed E-state index contributed by atoms with van der Waals surface area (Å²) in [5, 5.41) is 12.8. The van der Waals surface area contributed by atoms with Crippen molar-refractivity contribution < 1.29 is 14.6 Å². The molecule has 1 aliphatic rings. The molecular weight excluding hydrogens is 266 g/mol. The van der Waals surface area contributed by atoms with Crippen LogP contribution in [0.25, 0.3) is 6.08 Å². The summed E-state index contributed by atoms with van der Waals surface area (Å²) in [6.45, 7) is 6.55. The molecule has 0 spiro atoms. The Hall–Kier alpha value is -1.81. The van der Waals surface area contributed by atoms with Crippen LogP contribution in [0.3, 0.4) is 0 Å². The molecule has 1 amide bonds. The highest BCUT2D eigenvalue weighted by atomic mass is 16.5. The van der Waals surface area contributed by atoms with E-state index in [2.05, 4.69) is 5.32 Å². The Bertz CT molecular complexity index is 547. The molecule has 0 aromatic heterocycles. The number of ether oxygens (including phenoxy) is 1. The number of carbonyl (C=O) groups is 1. The van der Waals surface area contributed by atoms with Gasteiger partial charge >= 0.3 is 0 Å². The van der Waals surface area contributed by atoms with Crippen LogP contribution in [-0.2, 0) is 11.2 Å². The first-order valence-corrected chi connectivity index (χ1v) is 7.32. The van der Waals surface area contributed by atoms with E-state index in [9.17, 15) is 9.90 Å². The Morgan fingerprint density at radius 3 is 3.00 bits per heavy atom. The van der Waals surface area contributed by atoms with Gasteiger partial charge in [0.25, 0.3) is 0 Å². The van der Waals surface area contributed by atoms with Gasteiger partial charge in [-0.1, -0.05) is 19.9 Å². The Kier molecular flexibility index (Phi) is 4.68. The van der Waals surface area contributed by atoms with Gasteiger partial charge in [0.05, 0.1) is 12.2 Å². The third-order valence-electron chi connectivity index (χ3n) is 4.00. The molecule has 0 bridgehead atoms. The molecular formula is C17H23NO3. The molecule has 2 N–H and O–H groups in total. The fraction of sp³-hybridized carbons (Fsp3) is 0.471. The summed E-state index contributed by atoms with van der Waals surface area (Å²) in [6, 6.07) is 5.90. The summed E-state index contributed by atoms with van der Waals surface area (Å²) in [7, 11) is 0. The lowest BCUT2D eigenvalue weighted by molar-refractivity contribution is -0.118. The molecule has 1 heterocycles. The molecule has 0 saturated heterocycles. The Labute approximate surface area is 125 Å². The van der Waals surface area contributed by atoms with Gasteiger partial charge in [-0.25, -0.2) is 0 Å². The zero-order valence-electron chi connectivity index (χ0n) is 12.8. The summed E-state index contributed by atoms with van der Waals surface area (Å²) < 4.78 is 5.45. The number of aliphatic hydroxyl groups is 1. The van der Waals surface area contributed by atoms with Crippen molar-refractivity contribution in [2.45, 2.75) is 32.8 Å². The molecule has 1 unspecified atom stereocenters. The number of benzene rings is 1. The molecule has 0 radical (unpaired) electrons. The average Bonchev–Trinajstić information content (AvgIpc) is 2.90. The van der Waals surface area contributed by atoms with E-state index in [1.54, 1.807) is 13.0 Å². The standard InChI is InChI=1S/C17H23NO3/c1-12(2)17(3,20)11-18-16(19)7-5-13-4-6-15-14(10-13)8-9-21-15/h4-7,10,12,20H,8-9,11H2,1-3H3,(H,18,19). The molecule has 1 aromatic carbocycles. The highest BCUT2D eigenvalue weighted by Crippen LogP contribution is 2.26. The topological polar surface area (TPSA) is 58.6 Å². The van der Waals surface area contributed by atoms with Crippen molar-refractivity contribution >= 4 is 12.0 Å². The van der Waals surface area contributed by atoms with Crippen molar-refractivity contribution in [1.82, 2.24) is 5.32 Å². The quantitative estimate of drug-likeness (QED) is 0.817. The zero-order chi connectivity index (χ0) is 15.5. The van der Waals surface area contributed by atoms with Gasteiger partial charge in [-0.05, 0) is 42.2 Å². The summed E-state index contributed by atoms with van der Waals surface area (Å²) in [6.07, 6.45) is 4.19. The highest BCUT2D eigenvalue weighted by molar-refractivity contribution is 5.91. The number of amides is 1. The number of hydrogen-bond acceptors (Lipinski definition) is 3. The summed E-state index contributed by atoms with van der Waals surface area (Å²) in [5.41, 5.74) is 1.26. The molecule has 1 aliphatic heterocycles. The lowest BCUT2D eigenvalue weighted by Crippen LogP contribution is -2.43. The van der Waals surface area contributed by atoms with E-state index in [0.29, 0.717) is 0 Å². The van der Waals surface area contributed by atoms with Crippen LogP contribution >= 0.6 is 0 Å². The summed E-state index contributed by atoms with van der Waals surface area (Å²) in [4.78, 5) is 11.8. The number of carbonyl (C=O) groups excluding carboxylic acids is 1. The zero-order valence-corrected chi connectivity index (χ0v) is 12.8. The first-order valence-electron chi connectivity index (χ1n) is 7.32. The van der Waals surface area contributed by atoms with Gasteiger partial charge in [-0.15, -0.1) is 0 Å². The summed E-state index contributed by atoms with van der Waals surface area (Å²) in [5.74, 6) is 0.816. The minimum Gasteiger partial charge on any atom is -0.493 e. The number of hydrogen-bond donors (Lipinski definition) is 2. The molecule has 114 valence electrons. The second-order valence-corrected chi connectivity index (χ2v) is 6.03. The van der Waals surface area contributed by atoms with Crippen molar-refractivity contribution in [1.29, 1.82) is 0 Å². The molecule has 0 fully saturated rings. The lowest BCUT2D eigenvalue weighted by atomic mass is 9.92. The van der Waals surface area contributed by atoms with Crippen molar-refractivity contribution in [3.63, 3.8) is 0 Å². The van der Waals surface area contributed by atoms with Gasteiger partial charge in [0.2, 0.25) is 5.91 Å². The fourth-order valence-corrected chi connectivity index (χ4v) is 2.01. The number of fused-ring (bicyclic) bond motifs is 1. The van der Waals surface area contributed by atoms with Gasteiger partial charge in [-0.3, -0.25) is 4.79 Å². The lowest BCUT2D eigenvalue weighted by Gasteiger charge is -2.27. The van der Waals surface area contributed by atoms with Crippen LogP contribution in [-0.4, -0.2) is 29.8 Å². The highest BCUT2D eigenvalue weighted by Gasteiger charge is 2.24. The minimum absolute atomic E-state index is 0.0819. The van der Waals surface area contributed by atoms with E-state index in [-0.39, 0.29) is 18.4 Å². The van der Waals surface area contributed by atoms with Crippen LogP contribution in [0.5, 0.6) is 5.75 Å². The SMILES string of the molecule is CC(C)C(C)(O)CNC(=O)C=Cc1ccc2c(c1)CCO2.